The Morgan fingerprint density at radius 2 is 1.50 bits per heavy atom. The summed E-state index contributed by atoms with van der Waals surface area (Å²) < 4.78 is 35.0. The number of carbonyl (C=O) groups is 2. The van der Waals surface area contributed by atoms with Gasteiger partial charge < -0.3 is 9.64 Å². The number of rotatable bonds is 6. The zero-order chi connectivity index (χ0) is 27.7. The van der Waals surface area contributed by atoms with Crippen LogP contribution in [0.15, 0.2) is 102 Å². The van der Waals surface area contributed by atoms with Crippen molar-refractivity contribution in [3.8, 4) is 5.69 Å². The van der Waals surface area contributed by atoms with E-state index in [4.69, 9.17) is 4.74 Å². The lowest BCUT2D eigenvalue weighted by molar-refractivity contribution is -0.135. The van der Waals surface area contributed by atoms with E-state index in [9.17, 15) is 18.0 Å². The van der Waals surface area contributed by atoms with Crippen molar-refractivity contribution >= 4 is 43.7 Å². The van der Waals surface area contributed by atoms with Crippen molar-refractivity contribution in [1.82, 2.24) is 18.8 Å². The Bertz CT molecular complexity index is 1820. The largest absolute Gasteiger partial charge is 0.452 e. The van der Waals surface area contributed by atoms with Crippen molar-refractivity contribution in [2.75, 3.05) is 32.8 Å². The van der Waals surface area contributed by atoms with E-state index in [2.05, 4.69) is 4.98 Å². The van der Waals surface area contributed by atoms with Gasteiger partial charge in [-0.05, 0) is 59.3 Å². The molecule has 1 amide bonds. The van der Waals surface area contributed by atoms with Gasteiger partial charge in [0.25, 0.3) is 5.91 Å². The van der Waals surface area contributed by atoms with E-state index in [0.29, 0.717) is 5.56 Å². The first kappa shape index (κ1) is 25.7. The number of amides is 1. The molecule has 40 heavy (non-hydrogen) atoms. The summed E-state index contributed by atoms with van der Waals surface area (Å²) in [7, 11) is -3.69. The lowest BCUT2D eigenvalue weighted by atomic mass is 10.1. The van der Waals surface area contributed by atoms with Gasteiger partial charge in [0.2, 0.25) is 10.0 Å². The second-order valence-electron chi connectivity index (χ2n) is 9.52. The van der Waals surface area contributed by atoms with Crippen molar-refractivity contribution in [3.05, 3.63) is 103 Å². The third kappa shape index (κ3) is 4.94. The molecule has 1 aliphatic heterocycles. The molecule has 0 atom stereocenters. The molecule has 1 aliphatic rings. The standard InChI is InChI=1S/C30H26N4O5S/c35-29(20-39-30(36)23-9-12-25(13-10-23)34-21-31-27-7-3-4-8-28(27)34)32-15-17-33(18-16-32)40(37,38)26-14-11-22-5-1-2-6-24(22)19-26/h1-14,19,21H,15-18,20H2. The van der Waals surface area contributed by atoms with Crippen LogP contribution in [0.1, 0.15) is 10.4 Å². The maximum Gasteiger partial charge on any atom is 0.338 e. The van der Waals surface area contributed by atoms with E-state index in [-0.39, 0.29) is 37.0 Å². The van der Waals surface area contributed by atoms with Gasteiger partial charge in [-0.25, -0.2) is 18.2 Å². The summed E-state index contributed by atoms with van der Waals surface area (Å²) in [5.74, 6) is -0.967. The molecule has 5 aromatic rings. The highest BCUT2D eigenvalue weighted by atomic mass is 32.2. The Balaban J connectivity index is 1.03. The third-order valence-corrected chi connectivity index (χ3v) is 9.01. The number of fused-ring (bicyclic) bond motifs is 2. The number of ether oxygens (including phenoxy) is 1. The van der Waals surface area contributed by atoms with Crippen molar-refractivity contribution < 1.29 is 22.7 Å². The van der Waals surface area contributed by atoms with Crippen LogP contribution < -0.4 is 0 Å². The van der Waals surface area contributed by atoms with Crippen molar-refractivity contribution in [1.29, 1.82) is 0 Å². The van der Waals surface area contributed by atoms with E-state index in [1.54, 1.807) is 48.8 Å². The first-order valence-electron chi connectivity index (χ1n) is 12.9. The molecule has 0 bridgehead atoms. The van der Waals surface area contributed by atoms with Gasteiger partial charge in [0.1, 0.15) is 6.33 Å². The van der Waals surface area contributed by atoms with Crippen LogP contribution in [0.3, 0.4) is 0 Å². The Hall–Kier alpha value is -4.54. The normalized spacial score (nSPS) is 14.4. The average molecular weight is 555 g/mol. The number of aromatic nitrogens is 2. The maximum atomic E-state index is 13.2. The number of para-hydroxylation sites is 2. The monoisotopic (exact) mass is 554 g/mol. The maximum absolute atomic E-state index is 13.2. The van der Waals surface area contributed by atoms with Crippen LogP contribution in [-0.2, 0) is 19.6 Å². The number of nitrogens with zero attached hydrogens (tertiary/aromatic N) is 4. The fraction of sp³-hybridized carbons (Fsp3) is 0.167. The minimum Gasteiger partial charge on any atom is -0.452 e. The molecule has 0 radical (unpaired) electrons. The van der Waals surface area contributed by atoms with Crippen LogP contribution in [0.25, 0.3) is 27.5 Å². The zero-order valence-corrected chi connectivity index (χ0v) is 22.3. The van der Waals surface area contributed by atoms with Crippen LogP contribution in [0.4, 0.5) is 0 Å². The SMILES string of the molecule is O=C(OCC(=O)N1CCN(S(=O)(=O)c2ccc3ccccc3c2)CC1)c1ccc(-n2cnc3ccccc32)cc1. The predicted molar refractivity (Wildman–Crippen MR) is 151 cm³/mol. The summed E-state index contributed by atoms with van der Waals surface area (Å²) in [5, 5.41) is 1.82. The van der Waals surface area contributed by atoms with E-state index in [0.717, 1.165) is 27.5 Å². The van der Waals surface area contributed by atoms with Gasteiger partial charge in [-0.15, -0.1) is 0 Å². The van der Waals surface area contributed by atoms with Crippen molar-refractivity contribution in [2.24, 2.45) is 0 Å². The van der Waals surface area contributed by atoms with Crippen molar-refractivity contribution in [2.45, 2.75) is 4.90 Å². The fourth-order valence-electron chi connectivity index (χ4n) is 4.88. The Morgan fingerprint density at radius 3 is 2.27 bits per heavy atom. The van der Waals surface area contributed by atoms with Gasteiger partial charge in [-0.2, -0.15) is 4.31 Å². The van der Waals surface area contributed by atoms with E-state index < -0.39 is 22.6 Å². The van der Waals surface area contributed by atoms with Gasteiger partial charge >= 0.3 is 5.97 Å². The van der Waals surface area contributed by atoms with E-state index in [1.165, 1.54) is 9.21 Å². The molecule has 0 spiro atoms. The highest BCUT2D eigenvalue weighted by molar-refractivity contribution is 7.89. The van der Waals surface area contributed by atoms with Crippen LogP contribution in [0, 0.1) is 0 Å². The molecule has 6 rings (SSSR count). The summed E-state index contributed by atoms with van der Waals surface area (Å²) in [6.45, 7) is 0.357. The van der Waals surface area contributed by atoms with Gasteiger partial charge in [0, 0.05) is 31.9 Å². The molecule has 2 heterocycles. The number of imidazole rings is 1. The molecule has 1 aromatic heterocycles. The second-order valence-corrected chi connectivity index (χ2v) is 11.5. The third-order valence-electron chi connectivity index (χ3n) is 7.11. The topological polar surface area (TPSA) is 102 Å². The van der Waals surface area contributed by atoms with Gasteiger partial charge in [0.05, 0.1) is 21.5 Å². The van der Waals surface area contributed by atoms with Crippen molar-refractivity contribution in [3.63, 3.8) is 0 Å². The molecule has 0 aliphatic carbocycles. The van der Waals surface area contributed by atoms with E-state index in [1.807, 2.05) is 53.1 Å². The fourth-order valence-corrected chi connectivity index (χ4v) is 6.34. The quantitative estimate of drug-likeness (QED) is 0.296. The minimum atomic E-state index is -3.69. The number of esters is 1. The lowest BCUT2D eigenvalue weighted by Crippen LogP contribution is -2.51. The first-order valence-corrected chi connectivity index (χ1v) is 14.3. The number of hydrogen-bond acceptors (Lipinski definition) is 6. The molecular formula is C30H26N4O5S. The highest BCUT2D eigenvalue weighted by Gasteiger charge is 2.30. The first-order chi connectivity index (χ1) is 19.4. The molecule has 4 aromatic carbocycles. The molecule has 0 unspecified atom stereocenters. The predicted octanol–water partition coefficient (Wildman–Crippen LogP) is 3.87. The van der Waals surface area contributed by atoms with Crippen LogP contribution in [0.5, 0.6) is 0 Å². The average Bonchev–Trinajstić information content (AvgIpc) is 3.44. The number of carbonyl (C=O) groups excluding carboxylic acids is 2. The smallest absolute Gasteiger partial charge is 0.338 e. The molecule has 10 heteroatoms. The second kappa shape index (κ2) is 10.6. The summed E-state index contributed by atoms with van der Waals surface area (Å²) in [4.78, 5) is 31.4. The Labute approximate surface area is 231 Å². The minimum absolute atomic E-state index is 0.166. The number of piperazine rings is 1. The van der Waals surface area contributed by atoms with Gasteiger partial charge in [-0.3, -0.25) is 9.36 Å². The number of hydrogen-bond donors (Lipinski definition) is 0. The van der Waals surface area contributed by atoms with Crippen LogP contribution in [-0.4, -0.2) is 71.8 Å². The molecule has 9 nitrogen and oxygen atoms in total. The summed E-state index contributed by atoms with van der Waals surface area (Å²) in [6, 6.07) is 27.3. The molecule has 1 saturated heterocycles. The van der Waals surface area contributed by atoms with Crippen LogP contribution >= 0.6 is 0 Å². The number of sulfonamides is 1. The Kier molecular flexibility index (Phi) is 6.79. The molecule has 202 valence electrons. The molecule has 0 saturated carbocycles. The lowest BCUT2D eigenvalue weighted by Gasteiger charge is -2.33. The van der Waals surface area contributed by atoms with Crippen LogP contribution in [0.2, 0.25) is 0 Å². The Morgan fingerprint density at radius 1 is 0.800 bits per heavy atom. The number of benzene rings is 4. The summed E-state index contributed by atoms with van der Waals surface area (Å²) >= 11 is 0. The van der Waals surface area contributed by atoms with E-state index >= 15 is 0 Å². The zero-order valence-electron chi connectivity index (χ0n) is 21.5. The summed E-state index contributed by atoms with van der Waals surface area (Å²) in [5.41, 5.74) is 3.00. The van der Waals surface area contributed by atoms with Gasteiger partial charge in [0.15, 0.2) is 6.61 Å². The molecular weight excluding hydrogens is 528 g/mol. The highest BCUT2D eigenvalue weighted by Crippen LogP contribution is 2.23. The van der Waals surface area contributed by atoms with Gasteiger partial charge in [-0.1, -0.05) is 42.5 Å². The molecule has 1 fully saturated rings. The summed E-state index contributed by atoms with van der Waals surface area (Å²) in [6.07, 6.45) is 1.73. The molecule has 0 N–H and O–H groups in total.